The summed E-state index contributed by atoms with van der Waals surface area (Å²) in [6, 6.07) is 24.2. The Kier molecular flexibility index (Phi) is 5.75. The van der Waals surface area contributed by atoms with Gasteiger partial charge in [0.2, 0.25) is 5.88 Å². The Balaban J connectivity index is 1.48. The van der Waals surface area contributed by atoms with Gasteiger partial charge < -0.3 is 10.1 Å². The molecule has 3 aromatic carbocycles. The van der Waals surface area contributed by atoms with E-state index < -0.39 is 0 Å². The molecule has 0 saturated carbocycles. The zero-order chi connectivity index (χ0) is 20.8. The normalized spacial score (nSPS) is 10.4. The van der Waals surface area contributed by atoms with Crippen molar-refractivity contribution in [3.05, 3.63) is 108 Å². The average molecular weight is 399 g/mol. The molecular weight excluding hydrogens is 381 g/mol. The lowest BCUT2D eigenvalue weighted by molar-refractivity contribution is 0.0951. The number of carbonyl (C=O) groups excluding carboxylic acids is 1. The minimum atomic E-state index is -0.307. The topological polar surface area (TPSA) is 64.1 Å². The molecule has 0 bridgehead atoms. The molecule has 1 amide bonds. The van der Waals surface area contributed by atoms with Crippen molar-refractivity contribution >= 4 is 5.91 Å². The second kappa shape index (κ2) is 8.96. The molecule has 0 aliphatic heterocycles. The summed E-state index contributed by atoms with van der Waals surface area (Å²) in [6.45, 7) is 0.311. The molecule has 1 N–H and O–H groups in total. The molecule has 4 aromatic rings. The number of aromatic nitrogens is 2. The first-order valence-corrected chi connectivity index (χ1v) is 9.35. The number of nitrogens with zero attached hydrogens (tertiary/aromatic N) is 2. The fourth-order valence-corrected chi connectivity index (χ4v) is 2.87. The maximum absolute atomic E-state index is 13.0. The van der Waals surface area contributed by atoms with E-state index in [9.17, 15) is 9.18 Å². The van der Waals surface area contributed by atoms with Gasteiger partial charge in [-0.15, -0.1) is 0 Å². The van der Waals surface area contributed by atoms with Gasteiger partial charge in [0.05, 0.1) is 5.69 Å². The van der Waals surface area contributed by atoms with E-state index in [2.05, 4.69) is 15.3 Å². The van der Waals surface area contributed by atoms with Gasteiger partial charge in [-0.25, -0.2) is 14.4 Å². The van der Waals surface area contributed by atoms with Gasteiger partial charge in [0.15, 0.2) is 0 Å². The first-order valence-electron chi connectivity index (χ1n) is 9.35. The number of hydrogen-bond donors (Lipinski definition) is 1. The molecule has 0 unspecified atom stereocenters. The van der Waals surface area contributed by atoms with E-state index in [0.717, 1.165) is 11.1 Å². The summed E-state index contributed by atoms with van der Waals surface area (Å²) in [4.78, 5) is 21.0. The zero-order valence-corrected chi connectivity index (χ0v) is 16.0. The fraction of sp³-hybridized carbons (Fsp3) is 0.0417. The lowest BCUT2D eigenvalue weighted by atomic mass is 10.1. The zero-order valence-electron chi connectivity index (χ0n) is 16.0. The van der Waals surface area contributed by atoms with Crippen LogP contribution in [0.2, 0.25) is 0 Å². The van der Waals surface area contributed by atoms with E-state index in [4.69, 9.17) is 4.74 Å². The maximum atomic E-state index is 13.0. The first kappa shape index (κ1) is 19.3. The Labute approximate surface area is 173 Å². The van der Waals surface area contributed by atoms with Gasteiger partial charge in [-0.1, -0.05) is 42.5 Å². The molecule has 0 fully saturated rings. The summed E-state index contributed by atoms with van der Waals surface area (Å²) in [6.07, 6.45) is 1.43. The van der Waals surface area contributed by atoms with Crippen LogP contribution in [0.4, 0.5) is 4.39 Å². The predicted octanol–water partition coefficient (Wildman–Crippen LogP) is 5.01. The molecule has 0 saturated heterocycles. The summed E-state index contributed by atoms with van der Waals surface area (Å²) < 4.78 is 18.8. The molecule has 0 aliphatic carbocycles. The fourth-order valence-electron chi connectivity index (χ4n) is 2.87. The first-order chi connectivity index (χ1) is 14.7. The van der Waals surface area contributed by atoms with Crippen LogP contribution in [0.25, 0.3) is 11.3 Å². The number of carbonyl (C=O) groups is 1. The Bertz CT molecular complexity index is 1150. The summed E-state index contributed by atoms with van der Waals surface area (Å²) >= 11 is 0. The Hall–Kier alpha value is -4.06. The van der Waals surface area contributed by atoms with E-state index in [1.54, 1.807) is 36.4 Å². The van der Waals surface area contributed by atoms with Gasteiger partial charge in [-0.2, -0.15) is 0 Å². The Morgan fingerprint density at radius 2 is 1.70 bits per heavy atom. The van der Waals surface area contributed by atoms with Crippen LogP contribution in [0, 0.1) is 5.82 Å². The van der Waals surface area contributed by atoms with Crippen LogP contribution in [-0.2, 0) is 6.54 Å². The monoisotopic (exact) mass is 399 g/mol. The lowest BCUT2D eigenvalue weighted by Gasteiger charge is -2.08. The second-order valence-electron chi connectivity index (χ2n) is 6.55. The summed E-state index contributed by atoms with van der Waals surface area (Å²) in [7, 11) is 0. The molecule has 0 atom stereocenters. The van der Waals surface area contributed by atoms with Crippen LogP contribution in [0.15, 0.2) is 91.3 Å². The van der Waals surface area contributed by atoms with Crippen LogP contribution < -0.4 is 10.1 Å². The smallest absolute Gasteiger partial charge is 0.251 e. The van der Waals surface area contributed by atoms with Gasteiger partial charge in [-0.05, 0) is 42.0 Å². The molecule has 0 spiro atoms. The molecule has 1 heterocycles. The minimum absolute atomic E-state index is 0.226. The number of ether oxygens (including phenoxy) is 1. The summed E-state index contributed by atoms with van der Waals surface area (Å²) in [5, 5.41) is 2.84. The standard InChI is InChI=1S/C24H18FN3O2/c25-20-11-9-17(10-12-20)15-26-24(29)19-6-4-5-18(13-19)22-14-23(28-16-27-22)30-21-7-2-1-3-8-21/h1-14,16H,15H2,(H,26,29). The van der Waals surface area contributed by atoms with Crippen molar-refractivity contribution < 1.29 is 13.9 Å². The van der Waals surface area contributed by atoms with Crippen molar-refractivity contribution in [3.8, 4) is 22.9 Å². The molecular formula is C24H18FN3O2. The van der Waals surface area contributed by atoms with Crippen molar-refractivity contribution in [2.75, 3.05) is 0 Å². The predicted molar refractivity (Wildman–Crippen MR) is 112 cm³/mol. The summed E-state index contributed by atoms with van der Waals surface area (Å²) in [5.41, 5.74) is 2.73. The largest absolute Gasteiger partial charge is 0.439 e. The van der Waals surface area contributed by atoms with E-state index >= 15 is 0 Å². The molecule has 4 rings (SSSR count). The van der Waals surface area contributed by atoms with Gasteiger partial charge in [0.1, 0.15) is 17.9 Å². The van der Waals surface area contributed by atoms with Crippen LogP contribution in [-0.4, -0.2) is 15.9 Å². The van der Waals surface area contributed by atoms with Gasteiger partial charge in [0.25, 0.3) is 5.91 Å². The number of rotatable bonds is 6. The highest BCUT2D eigenvalue weighted by Gasteiger charge is 2.09. The average Bonchev–Trinajstić information content (AvgIpc) is 2.79. The van der Waals surface area contributed by atoms with Crippen LogP contribution in [0.5, 0.6) is 11.6 Å². The highest BCUT2D eigenvalue weighted by molar-refractivity contribution is 5.95. The molecule has 6 heteroatoms. The Morgan fingerprint density at radius 1 is 0.900 bits per heavy atom. The van der Waals surface area contributed by atoms with Crippen molar-refractivity contribution in [2.45, 2.75) is 6.54 Å². The third-order valence-corrected chi connectivity index (χ3v) is 4.39. The van der Waals surface area contributed by atoms with Crippen LogP contribution in [0.1, 0.15) is 15.9 Å². The molecule has 0 aliphatic rings. The lowest BCUT2D eigenvalue weighted by Crippen LogP contribution is -2.22. The van der Waals surface area contributed by atoms with Crippen LogP contribution in [0.3, 0.4) is 0 Å². The quantitative estimate of drug-likeness (QED) is 0.495. The third kappa shape index (κ3) is 4.86. The van der Waals surface area contributed by atoms with E-state index in [1.165, 1.54) is 18.5 Å². The number of amides is 1. The highest BCUT2D eigenvalue weighted by Crippen LogP contribution is 2.24. The number of nitrogens with one attached hydrogen (secondary N) is 1. The maximum Gasteiger partial charge on any atom is 0.251 e. The number of halogens is 1. The SMILES string of the molecule is O=C(NCc1ccc(F)cc1)c1cccc(-c2cc(Oc3ccccc3)ncn2)c1. The number of para-hydroxylation sites is 1. The number of hydrogen-bond acceptors (Lipinski definition) is 4. The molecule has 5 nitrogen and oxygen atoms in total. The van der Waals surface area contributed by atoms with Crippen LogP contribution >= 0.6 is 0 Å². The van der Waals surface area contributed by atoms with E-state index in [0.29, 0.717) is 29.4 Å². The van der Waals surface area contributed by atoms with Gasteiger partial charge in [-0.3, -0.25) is 4.79 Å². The molecule has 1 aromatic heterocycles. The minimum Gasteiger partial charge on any atom is -0.439 e. The van der Waals surface area contributed by atoms with Crippen molar-refractivity contribution in [3.63, 3.8) is 0 Å². The van der Waals surface area contributed by atoms with Gasteiger partial charge >= 0.3 is 0 Å². The van der Waals surface area contributed by atoms with Crippen molar-refractivity contribution in [1.29, 1.82) is 0 Å². The van der Waals surface area contributed by atoms with E-state index in [-0.39, 0.29) is 11.7 Å². The van der Waals surface area contributed by atoms with Crippen molar-refractivity contribution in [2.24, 2.45) is 0 Å². The Morgan fingerprint density at radius 3 is 2.50 bits per heavy atom. The molecule has 148 valence electrons. The van der Waals surface area contributed by atoms with E-state index in [1.807, 2.05) is 36.4 Å². The molecule has 30 heavy (non-hydrogen) atoms. The second-order valence-corrected chi connectivity index (χ2v) is 6.55. The third-order valence-electron chi connectivity index (χ3n) is 4.39. The number of benzene rings is 3. The highest BCUT2D eigenvalue weighted by atomic mass is 19.1. The van der Waals surface area contributed by atoms with Gasteiger partial charge in [0, 0.05) is 23.7 Å². The summed E-state index contributed by atoms with van der Waals surface area (Å²) in [5.74, 6) is 0.558. The van der Waals surface area contributed by atoms with Crippen molar-refractivity contribution in [1.82, 2.24) is 15.3 Å². The molecule has 0 radical (unpaired) electrons.